The monoisotopic (exact) mass is 531 g/mol. The Balaban J connectivity index is 2.11. The summed E-state index contributed by atoms with van der Waals surface area (Å²) in [6, 6.07) is 22.0. The quantitative estimate of drug-likeness (QED) is 0.339. The molecule has 0 bridgehead atoms. The molecule has 6 heteroatoms. The molecule has 0 aliphatic rings. The lowest BCUT2D eigenvalue weighted by Crippen LogP contribution is -2.05. The molecular formula is C23H19Br2NO2S. The van der Waals surface area contributed by atoms with Crippen LogP contribution in [0.2, 0.25) is 0 Å². The van der Waals surface area contributed by atoms with Gasteiger partial charge in [-0.3, -0.25) is 0 Å². The third kappa shape index (κ3) is 5.75. The van der Waals surface area contributed by atoms with Crippen molar-refractivity contribution < 1.29 is 8.42 Å². The molecule has 3 rings (SSSR count). The summed E-state index contributed by atoms with van der Waals surface area (Å²) in [6.45, 7) is 3.85. The Morgan fingerprint density at radius 1 is 0.793 bits per heavy atom. The van der Waals surface area contributed by atoms with E-state index in [1.165, 1.54) is 0 Å². The molecule has 0 aromatic heterocycles. The van der Waals surface area contributed by atoms with Crippen molar-refractivity contribution >= 4 is 53.2 Å². The Bertz CT molecular complexity index is 1160. The largest absolute Gasteiger partial charge is 0.282 e. The van der Waals surface area contributed by atoms with Crippen LogP contribution in [0.3, 0.4) is 0 Å². The lowest BCUT2D eigenvalue weighted by Gasteiger charge is -2.07. The highest BCUT2D eigenvalue weighted by atomic mass is 79.9. The van der Waals surface area contributed by atoms with Crippen molar-refractivity contribution in [3.05, 3.63) is 105 Å². The summed E-state index contributed by atoms with van der Waals surface area (Å²) in [7, 11) is -3.84. The molecule has 3 aromatic carbocycles. The number of benzene rings is 3. The molecule has 0 N–H and O–H groups in total. The second-order valence-corrected chi connectivity index (χ2v) is 10.0. The van der Waals surface area contributed by atoms with E-state index in [0.717, 1.165) is 31.2 Å². The number of halogens is 2. The minimum Gasteiger partial charge on any atom is -0.199 e. The number of allylic oxidation sites excluding steroid dienone is 2. The second kappa shape index (κ2) is 9.20. The molecule has 0 aliphatic carbocycles. The van der Waals surface area contributed by atoms with Crippen LogP contribution >= 0.6 is 31.9 Å². The topological polar surface area (TPSA) is 46.5 Å². The smallest absolute Gasteiger partial charge is 0.199 e. The molecule has 0 aliphatic heterocycles. The average molecular weight is 533 g/mol. The minimum absolute atomic E-state index is 0.174. The number of hydrogen-bond acceptors (Lipinski definition) is 2. The van der Waals surface area contributed by atoms with Gasteiger partial charge in [0.15, 0.2) is 0 Å². The summed E-state index contributed by atoms with van der Waals surface area (Å²) in [6.07, 6.45) is 1.80. The Morgan fingerprint density at radius 3 is 1.79 bits per heavy atom. The van der Waals surface area contributed by atoms with E-state index >= 15 is 0 Å². The van der Waals surface area contributed by atoms with Gasteiger partial charge in [-0.15, -0.1) is 0 Å². The van der Waals surface area contributed by atoms with Crippen LogP contribution in [0, 0.1) is 6.92 Å². The van der Waals surface area contributed by atoms with Crippen molar-refractivity contribution in [2.75, 3.05) is 0 Å². The van der Waals surface area contributed by atoms with E-state index in [1.54, 1.807) is 30.3 Å². The molecule has 0 saturated carbocycles. The normalized spacial score (nSPS) is 12.8. The van der Waals surface area contributed by atoms with Gasteiger partial charge in [0.25, 0.3) is 10.0 Å². The molecular weight excluding hydrogens is 514 g/mol. The van der Waals surface area contributed by atoms with Crippen molar-refractivity contribution in [3.8, 4) is 0 Å². The molecule has 29 heavy (non-hydrogen) atoms. The molecule has 0 heterocycles. The molecule has 0 saturated heterocycles. The van der Waals surface area contributed by atoms with E-state index in [4.69, 9.17) is 0 Å². The fraction of sp³-hybridized carbons (Fsp3) is 0.0870. The summed E-state index contributed by atoms with van der Waals surface area (Å²) >= 11 is 6.85. The predicted molar refractivity (Wildman–Crippen MR) is 127 cm³/mol. The Labute approximate surface area is 188 Å². The van der Waals surface area contributed by atoms with Crippen LogP contribution in [0.25, 0.3) is 5.57 Å². The van der Waals surface area contributed by atoms with Gasteiger partial charge in [-0.05, 0) is 67.5 Å². The first-order valence-electron chi connectivity index (χ1n) is 8.86. The van der Waals surface area contributed by atoms with Crippen LogP contribution in [-0.2, 0) is 10.0 Å². The molecule has 0 amide bonds. The zero-order valence-corrected chi connectivity index (χ0v) is 19.9. The number of nitrogens with zero attached hydrogens (tertiary/aromatic N) is 1. The van der Waals surface area contributed by atoms with Crippen molar-refractivity contribution in [1.29, 1.82) is 0 Å². The maximum atomic E-state index is 12.9. The van der Waals surface area contributed by atoms with Gasteiger partial charge in [0, 0.05) is 14.5 Å². The maximum Gasteiger partial charge on any atom is 0.282 e. The van der Waals surface area contributed by atoms with E-state index < -0.39 is 10.0 Å². The lowest BCUT2D eigenvalue weighted by molar-refractivity contribution is 0.598. The van der Waals surface area contributed by atoms with Crippen LogP contribution in [-0.4, -0.2) is 14.1 Å². The number of sulfonamides is 1. The maximum absolute atomic E-state index is 12.9. The molecule has 0 fully saturated rings. The number of aryl methyl sites for hydroxylation is 1. The molecule has 3 nitrogen and oxygen atoms in total. The van der Waals surface area contributed by atoms with E-state index in [0.29, 0.717) is 5.71 Å². The number of hydrogen-bond donors (Lipinski definition) is 0. The van der Waals surface area contributed by atoms with Crippen LogP contribution < -0.4 is 0 Å². The first-order valence-corrected chi connectivity index (χ1v) is 11.9. The van der Waals surface area contributed by atoms with Gasteiger partial charge in [0.2, 0.25) is 0 Å². The zero-order valence-electron chi connectivity index (χ0n) is 15.9. The van der Waals surface area contributed by atoms with Crippen molar-refractivity contribution in [1.82, 2.24) is 0 Å². The number of rotatable bonds is 5. The molecule has 3 aromatic rings. The van der Waals surface area contributed by atoms with Crippen LogP contribution in [0.15, 0.2) is 97.1 Å². The first kappa shape index (κ1) is 21.7. The van der Waals surface area contributed by atoms with E-state index in [9.17, 15) is 8.42 Å². The average Bonchev–Trinajstić information content (AvgIpc) is 2.68. The summed E-state index contributed by atoms with van der Waals surface area (Å²) in [5.74, 6) is 0. The second-order valence-electron chi connectivity index (χ2n) is 6.61. The minimum atomic E-state index is -3.84. The van der Waals surface area contributed by atoms with Crippen molar-refractivity contribution in [2.24, 2.45) is 4.40 Å². The Hall–Kier alpha value is -2.02. The van der Waals surface area contributed by atoms with Gasteiger partial charge >= 0.3 is 0 Å². The predicted octanol–water partition coefficient (Wildman–Crippen LogP) is 6.80. The fourth-order valence-corrected chi connectivity index (χ4v) is 4.21. The highest BCUT2D eigenvalue weighted by Gasteiger charge is 2.15. The Kier molecular flexibility index (Phi) is 6.88. The Morgan fingerprint density at radius 2 is 1.28 bits per heavy atom. The zero-order chi connectivity index (χ0) is 21.0. The highest BCUT2D eigenvalue weighted by Crippen LogP contribution is 2.21. The highest BCUT2D eigenvalue weighted by molar-refractivity contribution is 9.10. The van der Waals surface area contributed by atoms with Crippen molar-refractivity contribution in [2.45, 2.75) is 18.7 Å². The SMILES string of the molecule is C/C(=C\C(=NS(=O)(=O)c1ccc(C)cc1)c1ccc(Br)cc1)c1ccc(Br)cc1. The van der Waals surface area contributed by atoms with Crippen LogP contribution in [0.1, 0.15) is 23.6 Å². The van der Waals surface area contributed by atoms with Gasteiger partial charge < -0.3 is 0 Å². The summed E-state index contributed by atoms with van der Waals surface area (Å²) in [5, 5.41) is 0. The van der Waals surface area contributed by atoms with E-state index in [-0.39, 0.29) is 4.90 Å². The summed E-state index contributed by atoms with van der Waals surface area (Å²) < 4.78 is 31.9. The lowest BCUT2D eigenvalue weighted by atomic mass is 10.0. The van der Waals surface area contributed by atoms with E-state index in [1.807, 2.05) is 62.4 Å². The molecule has 0 spiro atoms. The van der Waals surface area contributed by atoms with Crippen LogP contribution in [0.5, 0.6) is 0 Å². The third-order valence-electron chi connectivity index (χ3n) is 4.33. The first-order chi connectivity index (χ1) is 13.7. The van der Waals surface area contributed by atoms with Gasteiger partial charge in [-0.2, -0.15) is 12.8 Å². The molecule has 0 radical (unpaired) electrons. The van der Waals surface area contributed by atoms with Gasteiger partial charge in [0.1, 0.15) is 0 Å². The molecule has 148 valence electrons. The summed E-state index contributed by atoms with van der Waals surface area (Å²) in [5.41, 5.74) is 4.01. The third-order valence-corrected chi connectivity index (χ3v) is 6.69. The molecule has 0 unspecified atom stereocenters. The van der Waals surface area contributed by atoms with Crippen molar-refractivity contribution in [3.63, 3.8) is 0 Å². The van der Waals surface area contributed by atoms with Gasteiger partial charge in [-0.1, -0.05) is 73.8 Å². The van der Waals surface area contributed by atoms with E-state index in [2.05, 4.69) is 36.3 Å². The standard InChI is InChI=1S/C23H19Br2NO2S/c1-16-3-13-22(14-4-16)29(27,28)26-23(19-7-11-21(25)12-8-19)15-17(2)18-5-9-20(24)10-6-18/h3-15H,1-2H3/b17-15+,26-23?. The summed E-state index contributed by atoms with van der Waals surface area (Å²) in [4.78, 5) is 0.174. The van der Waals surface area contributed by atoms with Crippen LogP contribution in [0.4, 0.5) is 0 Å². The fourth-order valence-electron chi connectivity index (χ4n) is 2.68. The van der Waals surface area contributed by atoms with Gasteiger partial charge in [0.05, 0.1) is 10.6 Å². The van der Waals surface area contributed by atoms with Gasteiger partial charge in [-0.25, -0.2) is 0 Å². The molecule has 0 atom stereocenters.